The Kier molecular flexibility index (Phi) is 4.72. The minimum atomic E-state index is -0.658. The fourth-order valence-corrected chi connectivity index (χ4v) is 1.87. The number of hydrogen-bond donors (Lipinski definition) is 2. The Morgan fingerprint density at radius 2 is 1.62 bits per heavy atom. The molecule has 2 N–H and O–H groups in total. The third kappa shape index (κ3) is 4.18. The zero-order chi connectivity index (χ0) is 15.2. The smallest absolute Gasteiger partial charge is 0.313 e. The summed E-state index contributed by atoms with van der Waals surface area (Å²) in [6, 6.07) is 15.0. The predicted molar refractivity (Wildman–Crippen MR) is 82.8 cm³/mol. The first kappa shape index (κ1) is 14.8. The molecular weight excluding hydrogens is 264 g/mol. The Bertz CT molecular complexity index is 651. The van der Waals surface area contributed by atoms with Crippen LogP contribution in [0.4, 0.5) is 5.69 Å². The fourth-order valence-electron chi connectivity index (χ4n) is 1.87. The molecule has 0 saturated carbocycles. The molecule has 4 nitrogen and oxygen atoms in total. The molecule has 0 aliphatic carbocycles. The van der Waals surface area contributed by atoms with Crippen LogP contribution in [0.25, 0.3) is 0 Å². The van der Waals surface area contributed by atoms with E-state index in [0.29, 0.717) is 12.2 Å². The zero-order valence-corrected chi connectivity index (χ0v) is 12.1. The van der Waals surface area contributed by atoms with Crippen molar-refractivity contribution in [1.29, 1.82) is 0 Å². The SMILES string of the molecule is Cc1ccc(NC(=O)C(=O)NCc2ccccc2)cc1C. The summed E-state index contributed by atoms with van der Waals surface area (Å²) in [5.41, 5.74) is 3.78. The maximum absolute atomic E-state index is 11.8. The standard InChI is InChI=1S/C17H18N2O2/c1-12-8-9-15(10-13(12)2)19-17(21)16(20)18-11-14-6-4-3-5-7-14/h3-10H,11H2,1-2H3,(H,18,20)(H,19,21). The molecule has 0 aliphatic rings. The Morgan fingerprint density at radius 3 is 2.29 bits per heavy atom. The normalized spacial score (nSPS) is 10.0. The number of carbonyl (C=O) groups is 2. The molecular formula is C17H18N2O2. The van der Waals surface area contributed by atoms with Crippen molar-refractivity contribution in [2.24, 2.45) is 0 Å². The maximum atomic E-state index is 11.8. The molecule has 0 unspecified atom stereocenters. The molecule has 0 spiro atoms. The van der Waals surface area contributed by atoms with Crippen LogP contribution in [-0.2, 0) is 16.1 Å². The molecule has 0 aliphatic heterocycles. The number of rotatable bonds is 3. The van der Waals surface area contributed by atoms with Crippen LogP contribution in [0.1, 0.15) is 16.7 Å². The summed E-state index contributed by atoms with van der Waals surface area (Å²) in [6.45, 7) is 4.29. The lowest BCUT2D eigenvalue weighted by Crippen LogP contribution is -2.34. The van der Waals surface area contributed by atoms with Crippen molar-refractivity contribution < 1.29 is 9.59 Å². The third-order valence-electron chi connectivity index (χ3n) is 3.27. The second-order valence-electron chi connectivity index (χ2n) is 4.92. The van der Waals surface area contributed by atoms with E-state index in [2.05, 4.69) is 10.6 Å². The predicted octanol–water partition coefficient (Wildman–Crippen LogP) is 2.56. The average molecular weight is 282 g/mol. The fraction of sp³-hybridized carbons (Fsp3) is 0.176. The molecule has 2 amide bonds. The van der Waals surface area contributed by atoms with Gasteiger partial charge >= 0.3 is 11.8 Å². The summed E-state index contributed by atoms with van der Waals surface area (Å²) in [5.74, 6) is -1.30. The lowest BCUT2D eigenvalue weighted by molar-refractivity contribution is -0.136. The summed E-state index contributed by atoms with van der Waals surface area (Å²) in [4.78, 5) is 23.6. The van der Waals surface area contributed by atoms with Crippen molar-refractivity contribution in [3.8, 4) is 0 Å². The molecule has 0 saturated heterocycles. The van der Waals surface area contributed by atoms with Gasteiger partial charge < -0.3 is 10.6 Å². The van der Waals surface area contributed by atoms with Gasteiger partial charge in [0.1, 0.15) is 0 Å². The number of benzene rings is 2. The zero-order valence-electron chi connectivity index (χ0n) is 12.1. The van der Waals surface area contributed by atoms with Crippen LogP contribution in [0.15, 0.2) is 48.5 Å². The molecule has 2 aromatic rings. The van der Waals surface area contributed by atoms with Crippen LogP contribution < -0.4 is 10.6 Å². The minimum absolute atomic E-state index is 0.333. The van der Waals surface area contributed by atoms with Crippen molar-refractivity contribution in [3.05, 3.63) is 65.2 Å². The number of aryl methyl sites for hydroxylation is 2. The number of hydrogen-bond acceptors (Lipinski definition) is 2. The van der Waals surface area contributed by atoms with Gasteiger partial charge in [0.05, 0.1) is 0 Å². The first-order valence-electron chi connectivity index (χ1n) is 6.76. The van der Waals surface area contributed by atoms with E-state index in [9.17, 15) is 9.59 Å². The number of anilines is 1. The van der Waals surface area contributed by atoms with Crippen LogP contribution in [0, 0.1) is 13.8 Å². The molecule has 0 atom stereocenters. The molecule has 0 bridgehead atoms. The van der Waals surface area contributed by atoms with Crippen LogP contribution in [-0.4, -0.2) is 11.8 Å². The topological polar surface area (TPSA) is 58.2 Å². The molecule has 4 heteroatoms. The van der Waals surface area contributed by atoms with E-state index in [1.807, 2.05) is 56.3 Å². The highest BCUT2D eigenvalue weighted by molar-refractivity contribution is 6.39. The van der Waals surface area contributed by atoms with Crippen LogP contribution in [0.2, 0.25) is 0 Å². The molecule has 108 valence electrons. The summed E-state index contributed by atoms with van der Waals surface area (Å²) in [7, 11) is 0. The number of carbonyl (C=O) groups excluding carboxylic acids is 2. The quantitative estimate of drug-likeness (QED) is 0.850. The number of amides is 2. The minimum Gasteiger partial charge on any atom is -0.344 e. The van der Waals surface area contributed by atoms with Crippen molar-refractivity contribution in [2.45, 2.75) is 20.4 Å². The molecule has 0 heterocycles. The van der Waals surface area contributed by atoms with Gasteiger partial charge in [-0.15, -0.1) is 0 Å². The van der Waals surface area contributed by atoms with Crippen molar-refractivity contribution in [3.63, 3.8) is 0 Å². The van der Waals surface area contributed by atoms with Crippen LogP contribution in [0.5, 0.6) is 0 Å². The van der Waals surface area contributed by atoms with E-state index >= 15 is 0 Å². The van der Waals surface area contributed by atoms with Crippen molar-refractivity contribution in [2.75, 3.05) is 5.32 Å². The Morgan fingerprint density at radius 1 is 0.905 bits per heavy atom. The van der Waals surface area contributed by atoms with Crippen LogP contribution >= 0.6 is 0 Å². The first-order chi connectivity index (χ1) is 10.1. The highest BCUT2D eigenvalue weighted by atomic mass is 16.2. The summed E-state index contributed by atoms with van der Waals surface area (Å²) >= 11 is 0. The van der Waals surface area contributed by atoms with E-state index in [-0.39, 0.29) is 0 Å². The van der Waals surface area contributed by atoms with Gasteiger partial charge in [-0.2, -0.15) is 0 Å². The molecule has 2 aromatic carbocycles. The summed E-state index contributed by atoms with van der Waals surface area (Å²) in [5, 5.41) is 5.19. The van der Waals surface area contributed by atoms with E-state index in [4.69, 9.17) is 0 Å². The van der Waals surface area contributed by atoms with Gasteiger partial charge in [-0.25, -0.2) is 0 Å². The van der Waals surface area contributed by atoms with Gasteiger partial charge in [0, 0.05) is 12.2 Å². The lowest BCUT2D eigenvalue weighted by atomic mass is 10.1. The van der Waals surface area contributed by atoms with Gasteiger partial charge in [0.2, 0.25) is 0 Å². The van der Waals surface area contributed by atoms with Crippen molar-refractivity contribution in [1.82, 2.24) is 5.32 Å². The first-order valence-corrected chi connectivity index (χ1v) is 6.76. The Labute approximate surface area is 124 Å². The maximum Gasteiger partial charge on any atom is 0.313 e. The van der Waals surface area contributed by atoms with Gasteiger partial charge in [0.25, 0.3) is 0 Å². The molecule has 21 heavy (non-hydrogen) atoms. The van der Waals surface area contributed by atoms with Crippen LogP contribution in [0.3, 0.4) is 0 Å². The summed E-state index contributed by atoms with van der Waals surface area (Å²) in [6.07, 6.45) is 0. The molecule has 0 aromatic heterocycles. The van der Waals surface area contributed by atoms with E-state index in [1.165, 1.54) is 0 Å². The molecule has 0 fully saturated rings. The Hall–Kier alpha value is -2.62. The van der Waals surface area contributed by atoms with E-state index in [0.717, 1.165) is 16.7 Å². The van der Waals surface area contributed by atoms with Gasteiger partial charge in [-0.3, -0.25) is 9.59 Å². The average Bonchev–Trinajstić information content (AvgIpc) is 2.49. The lowest BCUT2D eigenvalue weighted by Gasteiger charge is -2.08. The second kappa shape index (κ2) is 6.70. The van der Waals surface area contributed by atoms with Crippen molar-refractivity contribution >= 4 is 17.5 Å². The monoisotopic (exact) mass is 282 g/mol. The molecule has 2 rings (SSSR count). The largest absolute Gasteiger partial charge is 0.344 e. The summed E-state index contributed by atoms with van der Waals surface area (Å²) < 4.78 is 0. The third-order valence-corrected chi connectivity index (χ3v) is 3.27. The van der Waals surface area contributed by atoms with Gasteiger partial charge in [0.15, 0.2) is 0 Å². The highest BCUT2D eigenvalue weighted by Crippen LogP contribution is 2.13. The van der Waals surface area contributed by atoms with Gasteiger partial charge in [-0.05, 0) is 42.7 Å². The van der Waals surface area contributed by atoms with Gasteiger partial charge in [-0.1, -0.05) is 36.4 Å². The second-order valence-corrected chi connectivity index (χ2v) is 4.92. The highest BCUT2D eigenvalue weighted by Gasteiger charge is 2.13. The Balaban J connectivity index is 1.90. The number of nitrogens with one attached hydrogen (secondary N) is 2. The molecule has 0 radical (unpaired) electrons. The van der Waals surface area contributed by atoms with E-state index in [1.54, 1.807) is 6.07 Å². The van der Waals surface area contributed by atoms with E-state index < -0.39 is 11.8 Å².